The number of Topliss-reactive ketones (excluding diaryl/α,β-unsaturated/α-hetero) is 1. The van der Waals surface area contributed by atoms with E-state index in [0.717, 1.165) is 31.4 Å². The minimum Gasteiger partial charge on any atom is -0.393 e. The highest BCUT2D eigenvalue weighted by atomic mass is 16.3. The number of hydrogen-bond acceptors (Lipinski definition) is 6. The summed E-state index contributed by atoms with van der Waals surface area (Å²) in [5.41, 5.74) is 2.07. The molecule has 0 amide bonds. The van der Waals surface area contributed by atoms with Gasteiger partial charge in [0.05, 0.1) is 17.7 Å². The number of allylic oxidation sites excluding steroid dienone is 2. The maximum atomic E-state index is 11.8. The highest BCUT2D eigenvalue weighted by Crippen LogP contribution is 2.13. The summed E-state index contributed by atoms with van der Waals surface area (Å²) in [4.78, 5) is 22.7. The lowest BCUT2D eigenvalue weighted by molar-refractivity contribution is -0.127. The molecular formula is C19H25N3O3. The maximum absolute atomic E-state index is 11.8. The number of nitrogens with one attached hydrogen (secondary N) is 2. The number of carbonyl (C=O) groups excluding carboxylic acids is 2. The van der Waals surface area contributed by atoms with Crippen LogP contribution in [0.2, 0.25) is 0 Å². The second-order valence-electron chi connectivity index (χ2n) is 5.92. The number of benzene rings is 1. The summed E-state index contributed by atoms with van der Waals surface area (Å²) in [5, 5.41) is 24.1. The molecule has 0 aliphatic heterocycles. The monoisotopic (exact) mass is 343 g/mol. The van der Waals surface area contributed by atoms with Crippen molar-refractivity contribution in [1.29, 1.82) is 5.26 Å². The predicted octanol–water partition coefficient (Wildman–Crippen LogP) is 2.50. The number of hydrogen-bond donors (Lipinski definition) is 3. The zero-order valence-corrected chi connectivity index (χ0v) is 14.7. The Bertz CT molecular complexity index is 643. The van der Waals surface area contributed by atoms with E-state index in [4.69, 9.17) is 5.26 Å². The Morgan fingerprint density at radius 1 is 1.28 bits per heavy atom. The van der Waals surface area contributed by atoms with Crippen molar-refractivity contribution in [1.82, 2.24) is 5.32 Å². The molecule has 6 heteroatoms. The minimum atomic E-state index is -0.609. The summed E-state index contributed by atoms with van der Waals surface area (Å²) in [6.45, 7) is 4.05. The summed E-state index contributed by atoms with van der Waals surface area (Å²) < 4.78 is 0. The van der Waals surface area contributed by atoms with Gasteiger partial charge in [0.15, 0.2) is 6.29 Å². The first-order valence-electron chi connectivity index (χ1n) is 8.37. The molecule has 0 saturated heterocycles. The second kappa shape index (κ2) is 11.0. The van der Waals surface area contributed by atoms with Gasteiger partial charge >= 0.3 is 0 Å². The van der Waals surface area contributed by atoms with Gasteiger partial charge < -0.3 is 15.7 Å². The van der Waals surface area contributed by atoms with E-state index in [0.29, 0.717) is 24.1 Å². The highest BCUT2D eigenvalue weighted by Gasteiger charge is 2.12. The van der Waals surface area contributed by atoms with Gasteiger partial charge in [-0.2, -0.15) is 5.26 Å². The molecule has 0 aliphatic carbocycles. The first kappa shape index (κ1) is 20.4. The summed E-state index contributed by atoms with van der Waals surface area (Å²) in [6.07, 6.45) is 3.45. The third-order valence-corrected chi connectivity index (χ3v) is 3.67. The number of aldehydes is 1. The zero-order chi connectivity index (χ0) is 18.7. The van der Waals surface area contributed by atoms with Gasteiger partial charge in [0.2, 0.25) is 5.78 Å². The van der Waals surface area contributed by atoms with E-state index in [9.17, 15) is 14.7 Å². The molecule has 0 saturated carbocycles. The van der Waals surface area contributed by atoms with Crippen LogP contribution in [0.1, 0.15) is 45.1 Å². The van der Waals surface area contributed by atoms with Crippen molar-refractivity contribution in [2.24, 2.45) is 0 Å². The lowest BCUT2D eigenvalue weighted by Crippen LogP contribution is -2.25. The quantitative estimate of drug-likeness (QED) is 0.247. The van der Waals surface area contributed by atoms with E-state index in [2.05, 4.69) is 10.6 Å². The van der Waals surface area contributed by atoms with Crippen LogP contribution in [0.4, 0.5) is 5.69 Å². The van der Waals surface area contributed by atoms with Crippen molar-refractivity contribution in [3.05, 3.63) is 41.2 Å². The van der Waals surface area contributed by atoms with E-state index in [1.807, 2.05) is 6.07 Å². The predicted molar refractivity (Wildman–Crippen MR) is 96.7 cm³/mol. The summed E-state index contributed by atoms with van der Waals surface area (Å²) in [7, 11) is 0. The molecule has 0 aromatic heterocycles. The fraction of sp³-hybridized carbons (Fsp3) is 0.421. The number of ketones is 1. The molecule has 0 spiro atoms. The topological polar surface area (TPSA) is 102 Å². The summed E-state index contributed by atoms with van der Waals surface area (Å²) in [5.74, 6) is -0.609. The SMILES string of the molecule is C/C(Nc1ccc(C#N)cc1)=C(/NCCCCCC(C)O)C(=O)C=O. The molecule has 0 radical (unpaired) electrons. The lowest BCUT2D eigenvalue weighted by Gasteiger charge is -2.14. The van der Waals surface area contributed by atoms with Crippen LogP contribution in [0.25, 0.3) is 0 Å². The molecule has 25 heavy (non-hydrogen) atoms. The van der Waals surface area contributed by atoms with E-state index in [1.54, 1.807) is 38.1 Å². The largest absolute Gasteiger partial charge is 0.393 e. The van der Waals surface area contributed by atoms with Crippen LogP contribution < -0.4 is 10.6 Å². The van der Waals surface area contributed by atoms with E-state index in [1.165, 1.54) is 0 Å². The molecule has 0 fully saturated rings. The van der Waals surface area contributed by atoms with Crippen LogP contribution >= 0.6 is 0 Å². The normalized spacial score (nSPS) is 12.6. The van der Waals surface area contributed by atoms with Gasteiger partial charge in [0, 0.05) is 17.9 Å². The van der Waals surface area contributed by atoms with E-state index >= 15 is 0 Å². The Labute approximate surface area is 148 Å². The number of unbranched alkanes of at least 4 members (excludes halogenated alkanes) is 2. The van der Waals surface area contributed by atoms with Crippen LogP contribution in [-0.2, 0) is 9.59 Å². The van der Waals surface area contributed by atoms with Crippen molar-refractivity contribution < 1.29 is 14.7 Å². The molecule has 1 rings (SSSR count). The molecule has 134 valence electrons. The van der Waals surface area contributed by atoms with Gasteiger partial charge in [-0.1, -0.05) is 12.8 Å². The molecular weight excluding hydrogens is 318 g/mol. The third kappa shape index (κ3) is 7.64. The van der Waals surface area contributed by atoms with Crippen LogP contribution in [-0.4, -0.2) is 29.8 Å². The van der Waals surface area contributed by atoms with Crippen molar-refractivity contribution >= 4 is 17.8 Å². The molecule has 1 aromatic rings. The van der Waals surface area contributed by atoms with Gasteiger partial charge in [0.1, 0.15) is 5.70 Å². The number of nitrogens with zero attached hydrogens (tertiary/aromatic N) is 1. The molecule has 1 unspecified atom stereocenters. The molecule has 0 heterocycles. The smallest absolute Gasteiger partial charge is 0.242 e. The van der Waals surface area contributed by atoms with Crippen molar-refractivity contribution in [2.45, 2.75) is 45.6 Å². The fourth-order valence-electron chi connectivity index (χ4n) is 2.33. The second-order valence-corrected chi connectivity index (χ2v) is 5.92. The van der Waals surface area contributed by atoms with Crippen LogP contribution in [0.3, 0.4) is 0 Å². The number of rotatable bonds is 11. The van der Waals surface area contributed by atoms with Crippen LogP contribution in [0, 0.1) is 11.3 Å². The Hall–Kier alpha value is -2.65. The van der Waals surface area contributed by atoms with Crippen LogP contribution in [0.5, 0.6) is 0 Å². The summed E-state index contributed by atoms with van der Waals surface area (Å²) >= 11 is 0. The average molecular weight is 343 g/mol. The zero-order valence-electron chi connectivity index (χ0n) is 14.7. The standard InChI is InChI=1S/C19H25N3O3/c1-14(24)6-4-3-5-11-21-19(18(25)13-23)15(2)22-17-9-7-16(12-20)8-10-17/h7-10,13-14,21-22,24H,3-6,11H2,1-2H3/b19-15-. The van der Waals surface area contributed by atoms with Gasteiger partial charge in [-0.15, -0.1) is 0 Å². The first-order chi connectivity index (χ1) is 12.0. The molecule has 1 atom stereocenters. The number of nitriles is 1. The van der Waals surface area contributed by atoms with Crippen LogP contribution in [0.15, 0.2) is 35.7 Å². The van der Waals surface area contributed by atoms with E-state index in [-0.39, 0.29) is 11.8 Å². The minimum absolute atomic E-state index is 0.245. The molecule has 1 aromatic carbocycles. The Morgan fingerprint density at radius 2 is 1.96 bits per heavy atom. The molecule has 6 nitrogen and oxygen atoms in total. The highest BCUT2D eigenvalue weighted by molar-refractivity contribution is 6.33. The molecule has 0 bridgehead atoms. The van der Waals surface area contributed by atoms with Gasteiger partial charge in [-0.25, -0.2) is 0 Å². The lowest BCUT2D eigenvalue weighted by atomic mass is 10.1. The number of carbonyl (C=O) groups is 2. The number of anilines is 1. The fourth-order valence-corrected chi connectivity index (χ4v) is 2.33. The number of aliphatic hydroxyl groups is 1. The van der Waals surface area contributed by atoms with Gasteiger partial charge in [0.25, 0.3) is 0 Å². The maximum Gasteiger partial charge on any atom is 0.242 e. The van der Waals surface area contributed by atoms with Gasteiger partial charge in [-0.05, 0) is 51.0 Å². The van der Waals surface area contributed by atoms with Gasteiger partial charge in [-0.3, -0.25) is 9.59 Å². The number of aliphatic hydroxyl groups excluding tert-OH is 1. The average Bonchev–Trinajstić information content (AvgIpc) is 2.60. The van der Waals surface area contributed by atoms with Crippen molar-refractivity contribution in [2.75, 3.05) is 11.9 Å². The van der Waals surface area contributed by atoms with Crippen molar-refractivity contribution in [3.63, 3.8) is 0 Å². The molecule has 3 N–H and O–H groups in total. The Kier molecular flexibility index (Phi) is 8.97. The molecule has 0 aliphatic rings. The van der Waals surface area contributed by atoms with E-state index < -0.39 is 5.78 Å². The summed E-state index contributed by atoms with van der Waals surface area (Å²) in [6, 6.07) is 8.86. The first-order valence-corrected chi connectivity index (χ1v) is 8.37. The third-order valence-electron chi connectivity index (χ3n) is 3.67. The van der Waals surface area contributed by atoms with Crippen molar-refractivity contribution in [3.8, 4) is 6.07 Å². The Balaban J connectivity index is 2.65. The Morgan fingerprint density at radius 3 is 2.52 bits per heavy atom.